The van der Waals surface area contributed by atoms with Gasteiger partial charge in [0, 0.05) is 20.1 Å². The summed E-state index contributed by atoms with van der Waals surface area (Å²) in [6.45, 7) is 6.27. The van der Waals surface area contributed by atoms with E-state index >= 15 is 0 Å². The van der Waals surface area contributed by atoms with Crippen LogP contribution in [0.4, 0.5) is 0 Å². The van der Waals surface area contributed by atoms with Crippen LogP contribution in [0.1, 0.15) is 17.5 Å². The van der Waals surface area contributed by atoms with E-state index in [0.717, 1.165) is 11.1 Å². The maximum Gasteiger partial charge on any atom is 0.248 e. The van der Waals surface area contributed by atoms with E-state index < -0.39 is 12.1 Å². The van der Waals surface area contributed by atoms with Gasteiger partial charge in [0.15, 0.2) is 0 Å². The SMILES string of the molecule is C=CC(=O)N1CC[C@@H](O)[C@H]1C(=O)N(C)Cc1ccccc1C. The second kappa shape index (κ2) is 6.75. The summed E-state index contributed by atoms with van der Waals surface area (Å²) < 4.78 is 0. The fraction of sp³-hybridized carbons (Fsp3) is 0.412. The molecule has 1 heterocycles. The molecule has 1 aliphatic heterocycles. The van der Waals surface area contributed by atoms with Crippen LogP contribution in [0.5, 0.6) is 0 Å². The largest absolute Gasteiger partial charge is 0.390 e. The summed E-state index contributed by atoms with van der Waals surface area (Å²) in [6, 6.07) is 7.02. The van der Waals surface area contributed by atoms with Crippen LogP contribution in [0.15, 0.2) is 36.9 Å². The summed E-state index contributed by atoms with van der Waals surface area (Å²) in [5, 5.41) is 10.1. The lowest BCUT2D eigenvalue weighted by molar-refractivity contribution is -0.143. The van der Waals surface area contributed by atoms with Crippen LogP contribution >= 0.6 is 0 Å². The van der Waals surface area contributed by atoms with Gasteiger partial charge in [-0.1, -0.05) is 30.8 Å². The lowest BCUT2D eigenvalue weighted by atomic mass is 10.1. The molecule has 118 valence electrons. The van der Waals surface area contributed by atoms with E-state index in [0.29, 0.717) is 19.5 Å². The molecular weight excluding hydrogens is 280 g/mol. The molecule has 1 N–H and O–H groups in total. The van der Waals surface area contributed by atoms with Crippen LogP contribution in [0.25, 0.3) is 0 Å². The third-order valence-electron chi connectivity index (χ3n) is 4.12. The van der Waals surface area contributed by atoms with Gasteiger partial charge in [-0.2, -0.15) is 0 Å². The van der Waals surface area contributed by atoms with Crippen molar-refractivity contribution in [1.82, 2.24) is 9.80 Å². The van der Waals surface area contributed by atoms with Crippen molar-refractivity contribution in [2.45, 2.75) is 32.0 Å². The van der Waals surface area contributed by atoms with E-state index in [1.165, 1.54) is 11.0 Å². The maximum absolute atomic E-state index is 12.6. The number of likely N-dealkylation sites (tertiary alicyclic amines) is 1. The number of rotatable bonds is 4. The number of hydrogen-bond acceptors (Lipinski definition) is 3. The smallest absolute Gasteiger partial charge is 0.248 e. The average Bonchev–Trinajstić information content (AvgIpc) is 2.89. The fourth-order valence-electron chi connectivity index (χ4n) is 2.79. The minimum atomic E-state index is -0.823. The Morgan fingerprint density at radius 3 is 2.77 bits per heavy atom. The van der Waals surface area contributed by atoms with Gasteiger partial charge >= 0.3 is 0 Å². The van der Waals surface area contributed by atoms with Crippen molar-refractivity contribution >= 4 is 11.8 Å². The molecule has 0 spiro atoms. The number of benzene rings is 1. The third kappa shape index (κ3) is 3.20. The molecule has 0 aliphatic carbocycles. The zero-order chi connectivity index (χ0) is 16.3. The van der Waals surface area contributed by atoms with E-state index in [-0.39, 0.29) is 11.8 Å². The minimum Gasteiger partial charge on any atom is -0.390 e. The highest BCUT2D eigenvalue weighted by atomic mass is 16.3. The van der Waals surface area contributed by atoms with Gasteiger partial charge in [0.25, 0.3) is 0 Å². The standard InChI is InChI=1S/C17H22N2O3/c1-4-15(21)19-10-9-14(20)16(19)17(22)18(3)11-13-8-6-5-7-12(13)2/h4-8,14,16,20H,1,9-11H2,2-3H3/t14-,16+/m1/s1. The van der Waals surface area contributed by atoms with Crippen molar-refractivity contribution in [2.24, 2.45) is 0 Å². The summed E-state index contributed by atoms with van der Waals surface area (Å²) in [6.07, 6.45) is 0.768. The van der Waals surface area contributed by atoms with Gasteiger partial charge in [0.05, 0.1) is 6.10 Å². The van der Waals surface area contributed by atoms with Crippen molar-refractivity contribution < 1.29 is 14.7 Å². The Hall–Kier alpha value is -2.14. The second-order valence-electron chi connectivity index (χ2n) is 5.66. The van der Waals surface area contributed by atoms with Gasteiger partial charge < -0.3 is 14.9 Å². The topological polar surface area (TPSA) is 60.9 Å². The van der Waals surface area contributed by atoms with Gasteiger partial charge in [-0.15, -0.1) is 0 Å². The molecular formula is C17H22N2O3. The lowest BCUT2D eigenvalue weighted by Crippen LogP contribution is -2.50. The van der Waals surface area contributed by atoms with Crippen LogP contribution < -0.4 is 0 Å². The second-order valence-corrected chi connectivity index (χ2v) is 5.66. The first kappa shape index (κ1) is 16.2. The molecule has 0 radical (unpaired) electrons. The zero-order valence-electron chi connectivity index (χ0n) is 13.0. The van der Waals surface area contributed by atoms with Gasteiger partial charge in [-0.3, -0.25) is 9.59 Å². The minimum absolute atomic E-state index is 0.247. The van der Waals surface area contributed by atoms with Crippen LogP contribution in [-0.4, -0.2) is 52.5 Å². The van der Waals surface area contributed by atoms with E-state index in [9.17, 15) is 14.7 Å². The van der Waals surface area contributed by atoms with Gasteiger partial charge in [-0.05, 0) is 30.5 Å². The molecule has 0 bridgehead atoms. The summed E-state index contributed by atoms with van der Waals surface area (Å²) in [5.41, 5.74) is 2.15. The predicted octanol–water partition coefficient (Wildman–Crippen LogP) is 1.10. The van der Waals surface area contributed by atoms with E-state index in [4.69, 9.17) is 0 Å². The first-order valence-corrected chi connectivity index (χ1v) is 7.36. The summed E-state index contributed by atoms with van der Waals surface area (Å²) in [7, 11) is 1.69. The zero-order valence-corrected chi connectivity index (χ0v) is 13.0. The van der Waals surface area contributed by atoms with Crippen molar-refractivity contribution in [3.8, 4) is 0 Å². The number of carbonyl (C=O) groups is 2. The molecule has 2 atom stereocenters. The highest BCUT2D eigenvalue weighted by Gasteiger charge is 2.41. The number of hydrogen-bond donors (Lipinski definition) is 1. The summed E-state index contributed by atoms with van der Waals surface area (Å²) >= 11 is 0. The molecule has 0 saturated carbocycles. The molecule has 2 rings (SSSR count). The first-order chi connectivity index (χ1) is 10.5. The number of nitrogens with zero attached hydrogens (tertiary/aromatic N) is 2. The normalized spacial score (nSPS) is 20.8. The van der Waals surface area contributed by atoms with Crippen molar-refractivity contribution in [3.63, 3.8) is 0 Å². The van der Waals surface area contributed by atoms with Gasteiger partial charge in [0.2, 0.25) is 11.8 Å². The Bertz CT molecular complexity index is 585. The average molecular weight is 302 g/mol. The molecule has 1 saturated heterocycles. The predicted molar refractivity (Wildman–Crippen MR) is 84.0 cm³/mol. The Labute approximate surface area is 130 Å². The van der Waals surface area contributed by atoms with Gasteiger partial charge in [0.1, 0.15) is 6.04 Å². The lowest BCUT2D eigenvalue weighted by Gasteiger charge is -2.29. The molecule has 0 aromatic heterocycles. The maximum atomic E-state index is 12.6. The monoisotopic (exact) mass is 302 g/mol. The third-order valence-corrected chi connectivity index (χ3v) is 4.12. The Balaban J connectivity index is 2.13. The fourth-order valence-corrected chi connectivity index (χ4v) is 2.79. The van der Waals surface area contributed by atoms with Crippen LogP contribution in [0.3, 0.4) is 0 Å². The van der Waals surface area contributed by atoms with Crippen molar-refractivity contribution in [3.05, 3.63) is 48.0 Å². The highest BCUT2D eigenvalue weighted by Crippen LogP contribution is 2.21. The number of carbonyl (C=O) groups excluding carboxylic acids is 2. The number of aryl methyl sites for hydroxylation is 1. The molecule has 5 heteroatoms. The van der Waals surface area contributed by atoms with Crippen LogP contribution in [-0.2, 0) is 16.1 Å². The molecule has 22 heavy (non-hydrogen) atoms. The molecule has 0 unspecified atom stereocenters. The van der Waals surface area contributed by atoms with Crippen molar-refractivity contribution in [2.75, 3.05) is 13.6 Å². The molecule has 1 aliphatic rings. The van der Waals surface area contributed by atoms with Gasteiger partial charge in [-0.25, -0.2) is 0 Å². The molecule has 2 amide bonds. The van der Waals surface area contributed by atoms with Crippen LogP contribution in [0.2, 0.25) is 0 Å². The summed E-state index contributed by atoms with van der Waals surface area (Å²) in [4.78, 5) is 27.4. The molecule has 5 nitrogen and oxygen atoms in total. The van der Waals surface area contributed by atoms with Crippen molar-refractivity contribution in [1.29, 1.82) is 0 Å². The Morgan fingerprint density at radius 1 is 1.45 bits per heavy atom. The van der Waals surface area contributed by atoms with E-state index in [1.807, 2.05) is 31.2 Å². The quantitative estimate of drug-likeness (QED) is 0.847. The number of amides is 2. The first-order valence-electron chi connectivity index (χ1n) is 7.36. The van der Waals surface area contributed by atoms with E-state index in [1.54, 1.807) is 11.9 Å². The molecule has 1 aromatic carbocycles. The number of aliphatic hydroxyl groups is 1. The number of aliphatic hydroxyl groups excluding tert-OH is 1. The Morgan fingerprint density at radius 2 is 2.14 bits per heavy atom. The van der Waals surface area contributed by atoms with E-state index in [2.05, 4.69) is 6.58 Å². The van der Waals surface area contributed by atoms with Crippen LogP contribution in [0, 0.1) is 6.92 Å². The Kier molecular flexibility index (Phi) is 4.98. The molecule has 1 aromatic rings. The number of likely N-dealkylation sites (N-methyl/N-ethyl adjacent to an activating group) is 1. The summed E-state index contributed by atoms with van der Waals surface area (Å²) in [5.74, 6) is -0.567. The highest BCUT2D eigenvalue weighted by molar-refractivity contribution is 5.93. The molecule has 1 fully saturated rings.